The van der Waals surface area contributed by atoms with E-state index in [1.54, 1.807) is 19.1 Å². The average Bonchev–Trinajstić information content (AvgIpc) is 2.15. The van der Waals surface area contributed by atoms with Crippen molar-refractivity contribution in [2.75, 3.05) is 5.73 Å². The van der Waals surface area contributed by atoms with Crippen molar-refractivity contribution in [3.8, 4) is 0 Å². The van der Waals surface area contributed by atoms with Crippen molar-refractivity contribution in [3.63, 3.8) is 0 Å². The Balaban J connectivity index is 2.70. The van der Waals surface area contributed by atoms with Crippen molar-refractivity contribution in [1.29, 1.82) is 0 Å². The van der Waals surface area contributed by atoms with Crippen molar-refractivity contribution >= 4 is 23.2 Å². The van der Waals surface area contributed by atoms with Crippen LogP contribution in [0.5, 0.6) is 0 Å². The number of anilines is 1. The number of rotatable bonds is 4. The van der Waals surface area contributed by atoms with Gasteiger partial charge in [0, 0.05) is 16.8 Å². The fourth-order valence-electron chi connectivity index (χ4n) is 1.61. The van der Waals surface area contributed by atoms with Crippen molar-refractivity contribution in [3.05, 3.63) is 28.8 Å². The van der Waals surface area contributed by atoms with Gasteiger partial charge in [-0.3, -0.25) is 4.79 Å². The molecule has 2 unspecified atom stereocenters. The molecule has 0 aliphatic heterocycles. The Bertz CT molecular complexity index is 407. The molecule has 0 aliphatic carbocycles. The zero-order valence-electron chi connectivity index (χ0n) is 9.90. The maximum atomic E-state index is 11.9. The summed E-state index contributed by atoms with van der Waals surface area (Å²) in [6.45, 7) is 3.51. The Kier molecular flexibility index (Phi) is 4.78. The number of aliphatic hydroxyl groups excluding tert-OH is 1. The third-order valence-corrected chi connectivity index (χ3v) is 2.57. The maximum Gasteiger partial charge on any atom is 0.253 e. The van der Waals surface area contributed by atoms with Crippen LogP contribution in [0.4, 0.5) is 5.69 Å². The number of nitrogens with two attached hydrogens (primary N) is 1. The first kappa shape index (κ1) is 13.8. The van der Waals surface area contributed by atoms with E-state index in [0.29, 0.717) is 22.7 Å². The Morgan fingerprint density at radius 1 is 1.53 bits per heavy atom. The maximum absolute atomic E-state index is 11.9. The number of carbonyl (C=O) groups is 1. The molecule has 2 atom stereocenters. The summed E-state index contributed by atoms with van der Waals surface area (Å²) in [6.07, 6.45) is 0.0482. The molecule has 0 aromatic heterocycles. The summed E-state index contributed by atoms with van der Waals surface area (Å²) in [5.74, 6) is -0.257. The SMILES string of the molecule is CC(O)CC(C)NC(=O)c1ccc(Cl)cc1N. The van der Waals surface area contributed by atoms with Crippen LogP contribution in [0.15, 0.2) is 18.2 Å². The molecule has 1 amide bonds. The number of amides is 1. The number of halogens is 1. The molecule has 0 spiro atoms. The molecule has 0 bridgehead atoms. The second-order valence-electron chi connectivity index (χ2n) is 4.19. The van der Waals surface area contributed by atoms with Gasteiger partial charge in [0.2, 0.25) is 0 Å². The number of hydrogen-bond donors (Lipinski definition) is 3. The van der Waals surface area contributed by atoms with E-state index in [1.165, 1.54) is 6.07 Å². The minimum atomic E-state index is -0.451. The number of benzene rings is 1. The second kappa shape index (κ2) is 5.89. The van der Waals surface area contributed by atoms with Crippen LogP contribution in [-0.2, 0) is 0 Å². The number of nitrogen functional groups attached to an aromatic ring is 1. The zero-order valence-corrected chi connectivity index (χ0v) is 10.7. The number of nitrogens with one attached hydrogen (secondary N) is 1. The van der Waals surface area contributed by atoms with E-state index in [1.807, 2.05) is 6.92 Å². The molecule has 4 nitrogen and oxygen atoms in total. The van der Waals surface area contributed by atoms with Gasteiger partial charge in [0.05, 0.1) is 11.7 Å². The van der Waals surface area contributed by atoms with Crippen LogP contribution in [0.3, 0.4) is 0 Å². The predicted octanol–water partition coefficient (Wildman–Crippen LogP) is 1.81. The molecular formula is C12H17ClN2O2. The first-order valence-electron chi connectivity index (χ1n) is 5.44. The summed E-state index contributed by atoms with van der Waals surface area (Å²) in [7, 11) is 0. The summed E-state index contributed by atoms with van der Waals surface area (Å²) >= 11 is 5.75. The van der Waals surface area contributed by atoms with Crippen LogP contribution in [0, 0.1) is 0 Å². The highest BCUT2D eigenvalue weighted by atomic mass is 35.5. The van der Waals surface area contributed by atoms with Crippen molar-refractivity contribution in [2.24, 2.45) is 0 Å². The topological polar surface area (TPSA) is 75.3 Å². The summed E-state index contributed by atoms with van der Waals surface area (Å²) in [5.41, 5.74) is 6.45. The quantitative estimate of drug-likeness (QED) is 0.719. The summed E-state index contributed by atoms with van der Waals surface area (Å²) in [6, 6.07) is 4.63. The van der Waals surface area contributed by atoms with Crippen LogP contribution in [0.25, 0.3) is 0 Å². The largest absolute Gasteiger partial charge is 0.398 e. The van der Waals surface area contributed by atoms with E-state index in [2.05, 4.69) is 5.32 Å². The second-order valence-corrected chi connectivity index (χ2v) is 4.63. The minimum Gasteiger partial charge on any atom is -0.398 e. The van der Waals surface area contributed by atoms with Crippen LogP contribution in [0.1, 0.15) is 30.6 Å². The van der Waals surface area contributed by atoms with E-state index in [4.69, 9.17) is 17.3 Å². The van der Waals surface area contributed by atoms with Gasteiger partial charge in [-0.25, -0.2) is 0 Å². The molecule has 0 aliphatic rings. The molecule has 0 heterocycles. The molecular weight excluding hydrogens is 240 g/mol. The normalized spacial score (nSPS) is 14.1. The van der Waals surface area contributed by atoms with Crippen molar-refractivity contribution in [1.82, 2.24) is 5.32 Å². The highest BCUT2D eigenvalue weighted by Crippen LogP contribution is 2.18. The molecule has 94 valence electrons. The van der Waals surface area contributed by atoms with Gasteiger partial charge in [0.25, 0.3) is 5.91 Å². The summed E-state index contributed by atoms with van der Waals surface area (Å²) in [4.78, 5) is 11.9. The van der Waals surface area contributed by atoms with Gasteiger partial charge in [-0.2, -0.15) is 0 Å². The lowest BCUT2D eigenvalue weighted by molar-refractivity contribution is 0.0924. The first-order valence-corrected chi connectivity index (χ1v) is 5.82. The molecule has 1 aromatic rings. The number of hydrogen-bond acceptors (Lipinski definition) is 3. The average molecular weight is 257 g/mol. The van der Waals surface area contributed by atoms with Gasteiger partial charge in [-0.05, 0) is 38.5 Å². The molecule has 17 heavy (non-hydrogen) atoms. The van der Waals surface area contributed by atoms with Gasteiger partial charge in [-0.1, -0.05) is 11.6 Å². The highest BCUT2D eigenvalue weighted by Gasteiger charge is 2.13. The van der Waals surface area contributed by atoms with E-state index in [0.717, 1.165) is 0 Å². The third kappa shape index (κ3) is 4.24. The van der Waals surface area contributed by atoms with Gasteiger partial charge in [0.1, 0.15) is 0 Å². The molecule has 0 radical (unpaired) electrons. The Labute approximate surface area is 106 Å². The van der Waals surface area contributed by atoms with E-state index < -0.39 is 6.10 Å². The molecule has 0 saturated heterocycles. The van der Waals surface area contributed by atoms with Crippen molar-refractivity contribution < 1.29 is 9.90 Å². The monoisotopic (exact) mass is 256 g/mol. The van der Waals surface area contributed by atoms with Gasteiger partial charge >= 0.3 is 0 Å². The minimum absolute atomic E-state index is 0.113. The van der Waals surface area contributed by atoms with Crippen molar-refractivity contribution in [2.45, 2.75) is 32.4 Å². The Hall–Kier alpha value is -1.26. The van der Waals surface area contributed by atoms with Gasteiger partial charge in [0.15, 0.2) is 0 Å². The highest BCUT2D eigenvalue weighted by molar-refractivity contribution is 6.31. The zero-order chi connectivity index (χ0) is 13.0. The summed E-state index contributed by atoms with van der Waals surface area (Å²) in [5, 5.41) is 12.5. The van der Waals surface area contributed by atoms with Crippen LogP contribution < -0.4 is 11.1 Å². The molecule has 1 rings (SSSR count). The predicted molar refractivity (Wildman–Crippen MR) is 69.1 cm³/mol. The van der Waals surface area contributed by atoms with Crippen LogP contribution in [0.2, 0.25) is 5.02 Å². The lowest BCUT2D eigenvalue weighted by atomic mass is 10.1. The van der Waals surface area contributed by atoms with Gasteiger partial charge in [-0.15, -0.1) is 0 Å². The number of aliphatic hydroxyl groups is 1. The molecule has 0 fully saturated rings. The first-order chi connectivity index (χ1) is 7.90. The van der Waals surface area contributed by atoms with E-state index >= 15 is 0 Å². The molecule has 1 aromatic carbocycles. The fraction of sp³-hybridized carbons (Fsp3) is 0.417. The lowest BCUT2D eigenvalue weighted by Crippen LogP contribution is -2.35. The van der Waals surface area contributed by atoms with Crippen LogP contribution in [-0.4, -0.2) is 23.2 Å². The van der Waals surface area contributed by atoms with E-state index in [9.17, 15) is 9.90 Å². The number of carbonyl (C=O) groups excluding carboxylic acids is 1. The Morgan fingerprint density at radius 3 is 2.71 bits per heavy atom. The smallest absolute Gasteiger partial charge is 0.253 e. The molecule has 4 N–H and O–H groups in total. The standard InChI is InChI=1S/C12H17ClN2O2/c1-7(5-8(2)16)15-12(17)10-4-3-9(13)6-11(10)14/h3-4,6-8,16H,5,14H2,1-2H3,(H,15,17). The van der Waals surface area contributed by atoms with Crippen LogP contribution >= 0.6 is 11.6 Å². The Morgan fingerprint density at radius 2 is 2.18 bits per heavy atom. The lowest BCUT2D eigenvalue weighted by Gasteiger charge is -2.16. The molecule has 0 saturated carbocycles. The van der Waals surface area contributed by atoms with E-state index in [-0.39, 0.29) is 11.9 Å². The van der Waals surface area contributed by atoms with Gasteiger partial charge < -0.3 is 16.2 Å². The summed E-state index contributed by atoms with van der Waals surface area (Å²) < 4.78 is 0. The molecule has 5 heteroatoms. The fourth-order valence-corrected chi connectivity index (χ4v) is 1.79. The third-order valence-electron chi connectivity index (χ3n) is 2.33.